The normalized spacial score (nSPS) is 13.8. The van der Waals surface area contributed by atoms with E-state index in [1.165, 1.54) is 0 Å². The molecule has 0 spiro atoms. The summed E-state index contributed by atoms with van der Waals surface area (Å²) >= 11 is 0. The molecule has 12 nitrogen and oxygen atoms in total. The van der Waals surface area contributed by atoms with E-state index in [0.717, 1.165) is 43.2 Å². The Bertz CT molecular complexity index is 1380. The summed E-state index contributed by atoms with van der Waals surface area (Å²) in [6, 6.07) is 11.7. The lowest BCUT2D eigenvalue weighted by Crippen LogP contribution is -2.47. The van der Waals surface area contributed by atoms with Gasteiger partial charge in [-0.3, -0.25) is 4.90 Å². The molecule has 0 saturated carbocycles. The van der Waals surface area contributed by atoms with Crippen LogP contribution in [0.15, 0.2) is 53.2 Å². The summed E-state index contributed by atoms with van der Waals surface area (Å²) in [4.78, 5) is 22.9. The SMILES string of the molecule is CCNc1nc(-c2cc(OC)cc(OC)c2)c(-c2ccnc(Nc3ccc(N4CCN(CCO)CC4)nc3)n2)o1. The summed E-state index contributed by atoms with van der Waals surface area (Å²) in [7, 11) is 3.21. The number of piperazine rings is 1. The first-order valence-corrected chi connectivity index (χ1v) is 13.2. The predicted molar refractivity (Wildman–Crippen MR) is 153 cm³/mol. The molecular formula is C28H34N8O4. The maximum Gasteiger partial charge on any atom is 0.295 e. The number of oxazole rings is 1. The van der Waals surface area contributed by atoms with Crippen molar-refractivity contribution >= 4 is 23.5 Å². The zero-order valence-electron chi connectivity index (χ0n) is 22.9. The molecule has 4 heterocycles. The van der Waals surface area contributed by atoms with E-state index in [4.69, 9.17) is 24.0 Å². The quantitative estimate of drug-likeness (QED) is 0.254. The van der Waals surface area contributed by atoms with Crippen molar-refractivity contribution < 1.29 is 19.0 Å². The highest BCUT2D eigenvalue weighted by molar-refractivity contribution is 5.78. The van der Waals surface area contributed by atoms with Crippen molar-refractivity contribution in [3.8, 4) is 34.2 Å². The van der Waals surface area contributed by atoms with E-state index >= 15 is 0 Å². The van der Waals surface area contributed by atoms with Crippen LogP contribution < -0.4 is 25.0 Å². The van der Waals surface area contributed by atoms with E-state index in [2.05, 4.69) is 35.4 Å². The maximum atomic E-state index is 9.16. The smallest absolute Gasteiger partial charge is 0.295 e. The standard InChI is InChI=1S/C28H34N8O4/c1-4-29-28-34-25(19-15-21(38-2)17-22(16-19)39-3)26(40-28)23-7-8-30-27(33-23)32-20-5-6-24(31-18-20)36-11-9-35(10-12-36)13-14-37/h5-8,15-18,37H,4,9-14H2,1-3H3,(H,29,34)(H,30,32,33). The summed E-state index contributed by atoms with van der Waals surface area (Å²) in [5.74, 6) is 3.09. The number of hydrogen-bond donors (Lipinski definition) is 3. The van der Waals surface area contributed by atoms with Crippen LogP contribution in [0.1, 0.15) is 6.92 Å². The molecule has 1 aliphatic rings. The van der Waals surface area contributed by atoms with Crippen LogP contribution in [0.2, 0.25) is 0 Å². The van der Waals surface area contributed by atoms with Crippen molar-refractivity contribution in [1.82, 2.24) is 24.8 Å². The van der Waals surface area contributed by atoms with Gasteiger partial charge in [0.1, 0.15) is 28.7 Å². The first-order chi connectivity index (χ1) is 19.6. The van der Waals surface area contributed by atoms with Crippen LogP contribution in [0.3, 0.4) is 0 Å². The number of aliphatic hydroxyl groups excluding tert-OH is 1. The van der Waals surface area contributed by atoms with Crippen molar-refractivity contribution in [2.45, 2.75) is 6.92 Å². The number of aliphatic hydroxyl groups is 1. The summed E-state index contributed by atoms with van der Waals surface area (Å²) < 4.78 is 17.0. The maximum absolute atomic E-state index is 9.16. The van der Waals surface area contributed by atoms with Crippen LogP contribution in [0, 0.1) is 0 Å². The number of hydrogen-bond acceptors (Lipinski definition) is 12. The zero-order chi connectivity index (χ0) is 27.9. The topological polar surface area (TPSA) is 134 Å². The number of anilines is 4. The van der Waals surface area contributed by atoms with Gasteiger partial charge in [0.2, 0.25) is 5.95 Å². The molecule has 0 bridgehead atoms. The second kappa shape index (κ2) is 12.6. The van der Waals surface area contributed by atoms with E-state index in [-0.39, 0.29) is 6.61 Å². The molecule has 3 N–H and O–H groups in total. The van der Waals surface area contributed by atoms with Gasteiger partial charge in [0.05, 0.1) is 32.7 Å². The van der Waals surface area contributed by atoms with Crippen LogP contribution in [0.5, 0.6) is 11.5 Å². The average molecular weight is 547 g/mol. The number of rotatable bonds is 11. The van der Waals surface area contributed by atoms with Crippen molar-refractivity contribution in [3.63, 3.8) is 0 Å². The van der Waals surface area contributed by atoms with Crippen molar-refractivity contribution in [2.24, 2.45) is 0 Å². The van der Waals surface area contributed by atoms with Gasteiger partial charge in [-0.1, -0.05) is 0 Å². The molecule has 1 aliphatic heterocycles. The van der Waals surface area contributed by atoms with E-state index in [0.29, 0.717) is 53.7 Å². The Labute approximate surface area is 233 Å². The minimum Gasteiger partial charge on any atom is -0.497 e. The van der Waals surface area contributed by atoms with Crippen LogP contribution in [0.25, 0.3) is 22.7 Å². The van der Waals surface area contributed by atoms with Gasteiger partial charge < -0.3 is 34.5 Å². The number of benzene rings is 1. The Hall–Kier alpha value is -4.42. The van der Waals surface area contributed by atoms with Gasteiger partial charge in [-0.05, 0) is 37.3 Å². The molecule has 0 atom stereocenters. The highest BCUT2D eigenvalue weighted by atomic mass is 16.5. The fraction of sp³-hybridized carbons (Fsp3) is 0.357. The third kappa shape index (κ3) is 6.24. The zero-order valence-corrected chi connectivity index (χ0v) is 22.9. The van der Waals surface area contributed by atoms with Crippen LogP contribution in [0.4, 0.5) is 23.5 Å². The van der Waals surface area contributed by atoms with E-state index in [9.17, 15) is 0 Å². The number of methoxy groups -OCH3 is 2. The number of β-amino-alcohol motifs (C(OH)–C–C–N with tert-alkyl or cyclic N) is 1. The Morgan fingerprint density at radius 2 is 1.75 bits per heavy atom. The number of ether oxygens (including phenoxy) is 2. The van der Waals surface area contributed by atoms with Gasteiger partial charge in [0, 0.05) is 57.1 Å². The first-order valence-electron chi connectivity index (χ1n) is 13.2. The lowest BCUT2D eigenvalue weighted by molar-refractivity contribution is 0.188. The molecule has 40 heavy (non-hydrogen) atoms. The summed E-state index contributed by atoms with van der Waals surface area (Å²) in [6.07, 6.45) is 3.45. The van der Waals surface area contributed by atoms with Gasteiger partial charge in [-0.25, -0.2) is 15.0 Å². The second-order valence-corrected chi connectivity index (χ2v) is 9.18. The van der Waals surface area contributed by atoms with E-state index < -0.39 is 0 Å². The van der Waals surface area contributed by atoms with E-state index in [1.807, 2.05) is 31.2 Å². The minimum absolute atomic E-state index is 0.187. The molecule has 1 saturated heterocycles. The number of nitrogens with zero attached hydrogens (tertiary/aromatic N) is 6. The van der Waals surface area contributed by atoms with E-state index in [1.54, 1.807) is 38.7 Å². The molecule has 0 unspecified atom stereocenters. The summed E-state index contributed by atoms with van der Waals surface area (Å²) in [5, 5.41) is 15.5. The Morgan fingerprint density at radius 1 is 0.975 bits per heavy atom. The number of aromatic nitrogens is 4. The van der Waals surface area contributed by atoms with Crippen LogP contribution in [-0.2, 0) is 0 Å². The summed E-state index contributed by atoms with van der Waals surface area (Å²) in [5.41, 5.74) is 2.70. The lowest BCUT2D eigenvalue weighted by atomic mass is 10.1. The van der Waals surface area contributed by atoms with Gasteiger partial charge in [0.15, 0.2) is 5.76 Å². The highest BCUT2D eigenvalue weighted by Gasteiger charge is 2.21. The highest BCUT2D eigenvalue weighted by Crippen LogP contribution is 2.37. The minimum atomic E-state index is 0.187. The van der Waals surface area contributed by atoms with Gasteiger partial charge in [0.25, 0.3) is 6.01 Å². The molecule has 0 radical (unpaired) electrons. The Morgan fingerprint density at radius 3 is 2.40 bits per heavy atom. The molecule has 0 aliphatic carbocycles. The fourth-order valence-electron chi connectivity index (χ4n) is 4.52. The monoisotopic (exact) mass is 546 g/mol. The molecule has 3 aromatic heterocycles. The third-order valence-electron chi connectivity index (χ3n) is 6.58. The second-order valence-electron chi connectivity index (χ2n) is 9.18. The van der Waals surface area contributed by atoms with Crippen LogP contribution >= 0.6 is 0 Å². The largest absolute Gasteiger partial charge is 0.497 e. The molecule has 12 heteroatoms. The molecule has 5 rings (SSSR count). The van der Waals surface area contributed by atoms with Crippen molar-refractivity contribution in [1.29, 1.82) is 0 Å². The van der Waals surface area contributed by atoms with Crippen molar-refractivity contribution in [2.75, 3.05) is 75.6 Å². The molecule has 1 fully saturated rings. The lowest BCUT2D eigenvalue weighted by Gasteiger charge is -2.35. The average Bonchev–Trinajstić information content (AvgIpc) is 3.42. The molecule has 210 valence electrons. The molecule has 0 amide bonds. The number of pyridine rings is 1. The third-order valence-corrected chi connectivity index (χ3v) is 6.58. The fourth-order valence-corrected chi connectivity index (χ4v) is 4.52. The van der Waals surface area contributed by atoms with Gasteiger partial charge in [-0.15, -0.1) is 0 Å². The molecule has 1 aromatic carbocycles. The Kier molecular flexibility index (Phi) is 8.57. The van der Waals surface area contributed by atoms with Crippen molar-refractivity contribution in [3.05, 3.63) is 48.8 Å². The molecule has 4 aromatic rings. The molecular weight excluding hydrogens is 512 g/mol. The Balaban J connectivity index is 1.37. The van der Waals surface area contributed by atoms with Gasteiger partial charge >= 0.3 is 0 Å². The van der Waals surface area contributed by atoms with Gasteiger partial charge in [-0.2, -0.15) is 4.98 Å². The summed E-state index contributed by atoms with van der Waals surface area (Å²) in [6.45, 7) is 7.08. The van der Waals surface area contributed by atoms with Crippen LogP contribution in [-0.4, -0.2) is 90.0 Å². The predicted octanol–water partition coefficient (Wildman–Crippen LogP) is 3.50. The number of nitrogens with one attached hydrogen (secondary N) is 2. The first kappa shape index (κ1) is 27.2.